The first kappa shape index (κ1) is 18.3. The highest BCUT2D eigenvalue weighted by atomic mass is 19.1. The molecule has 1 heterocycles. The van der Waals surface area contributed by atoms with E-state index in [9.17, 15) is 13.6 Å². The third kappa shape index (κ3) is 3.70. The van der Waals surface area contributed by atoms with Crippen LogP contribution in [-0.2, 0) is 0 Å². The summed E-state index contributed by atoms with van der Waals surface area (Å²) >= 11 is 0. The van der Waals surface area contributed by atoms with E-state index in [-0.39, 0.29) is 10.9 Å². The summed E-state index contributed by atoms with van der Waals surface area (Å²) < 4.78 is 33.2. The largest absolute Gasteiger partial charge is 0.493 e. The van der Waals surface area contributed by atoms with Crippen LogP contribution in [0.2, 0.25) is 0 Å². The monoisotopic (exact) mass is 360 g/mol. The van der Waals surface area contributed by atoms with Crippen LogP contribution in [0.1, 0.15) is 20.3 Å². The molecule has 0 aliphatic carbocycles. The zero-order chi connectivity index (χ0) is 18.7. The summed E-state index contributed by atoms with van der Waals surface area (Å²) in [6, 6.07) is 6.84. The van der Waals surface area contributed by atoms with Crippen molar-refractivity contribution < 1.29 is 13.5 Å². The van der Waals surface area contributed by atoms with Crippen molar-refractivity contribution in [3.8, 4) is 5.75 Å². The number of nitrogens with zero attached hydrogens (tertiary/aromatic N) is 1. The lowest BCUT2D eigenvalue weighted by Crippen LogP contribution is -2.25. The SMILES string of the molecule is CCN(CC)CCCOc1ccc2c(=O)c3c(F)cc(F)cc3[nH]c2c1. The summed E-state index contributed by atoms with van der Waals surface area (Å²) in [5.74, 6) is -0.974. The number of nitrogens with one attached hydrogen (secondary N) is 1. The Kier molecular flexibility index (Phi) is 5.52. The molecule has 4 nitrogen and oxygen atoms in total. The molecular weight excluding hydrogens is 338 g/mol. The summed E-state index contributed by atoms with van der Waals surface area (Å²) in [6.07, 6.45) is 0.893. The first-order valence-corrected chi connectivity index (χ1v) is 8.83. The van der Waals surface area contributed by atoms with Gasteiger partial charge in [-0.3, -0.25) is 4.79 Å². The van der Waals surface area contributed by atoms with Crippen molar-refractivity contribution >= 4 is 21.8 Å². The van der Waals surface area contributed by atoms with Gasteiger partial charge in [-0.05, 0) is 37.7 Å². The summed E-state index contributed by atoms with van der Waals surface area (Å²) in [6.45, 7) is 7.78. The van der Waals surface area contributed by atoms with Gasteiger partial charge in [0.15, 0.2) is 5.43 Å². The molecule has 0 fully saturated rings. The molecule has 138 valence electrons. The van der Waals surface area contributed by atoms with E-state index in [4.69, 9.17) is 4.74 Å². The molecule has 6 heteroatoms. The maximum absolute atomic E-state index is 14.0. The summed E-state index contributed by atoms with van der Waals surface area (Å²) in [5, 5.41) is 0.213. The van der Waals surface area contributed by atoms with Gasteiger partial charge in [0.05, 0.1) is 23.0 Å². The molecule has 0 atom stereocenters. The van der Waals surface area contributed by atoms with Gasteiger partial charge in [-0.2, -0.15) is 0 Å². The Balaban J connectivity index is 1.84. The highest BCUT2D eigenvalue weighted by Gasteiger charge is 2.12. The number of fused-ring (bicyclic) bond motifs is 2. The molecule has 0 aliphatic rings. The Morgan fingerprint density at radius 1 is 1.08 bits per heavy atom. The molecule has 3 aromatic rings. The van der Waals surface area contributed by atoms with Crippen molar-refractivity contribution in [2.75, 3.05) is 26.2 Å². The molecule has 0 radical (unpaired) electrons. The topological polar surface area (TPSA) is 45.3 Å². The first-order chi connectivity index (χ1) is 12.5. The Hall–Kier alpha value is -2.47. The van der Waals surface area contributed by atoms with Crippen molar-refractivity contribution in [1.29, 1.82) is 0 Å². The normalized spacial score (nSPS) is 11.6. The van der Waals surface area contributed by atoms with E-state index in [1.807, 2.05) is 0 Å². The standard InChI is InChI=1S/C20H22F2N2O2/c1-3-24(4-2)8-5-9-26-14-6-7-15-17(12-14)23-18-11-13(21)10-16(22)19(18)20(15)25/h6-7,10-12H,3-5,8-9H2,1-2H3,(H,23,25). The average molecular weight is 360 g/mol. The Morgan fingerprint density at radius 3 is 2.58 bits per heavy atom. The molecule has 1 N–H and O–H groups in total. The summed E-state index contributed by atoms with van der Waals surface area (Å²) in [7, 11) is 0. The third-order valence-corrected chi connectivity index (χ3v) is 4.57. The van der Waals surface area contributed by atoms with E-state index in [1.54, 1.807) is 18.2 Å². The Morgan fingerprint density at radius 2 is 1.85 bits per heavy atom. The molecule has 0 saturated heterocycles. The highest BCUT2D eigenvalue weighted by molar-refractivity contribution is 5.93. The van der Waals surface area contributed by atoms with Crippen molar-refractivity contribution in [3.63, 3.8) is 0 Å². The minimum Gasteiger partial charge on any atom is -0.493 e. The van der Waals surface area contributed by atoms with Gasteiger partial charge in [0, 0.05) is 24.1 Å². The lowest BCUT2D eigenvalue weighted by molar-refractivity contribution is 0.249. The van der Waals surface area contributed by atoms with Crippen LogP contribution in [0.3, 0.4) is 0 Å². The van der Waals surface area contributed by atoms with Crippen LogP contribution in [0.15, 0.2) is 35.1 Å². The van der Waals surface area contributed by atoms with Gasteiger partial charge >= 0.3 is 0 Å². The number of benzene rings is 2. The lowest BCUT2D eigenvalue weighted by Gasteiger charge is -2.17. The molecule has 0 spiro atoms. The Bertz CT molecular complexity index is 981. The smallest absolute Gasteiger partial charge is 0.200 e. The molecule has 0 aliphatic heterocycles. The molecule has 0 amide bonds. The number of hydrogen-bond acceptors (Lipinski definition) is 3. The number of aromatic nitrogens is 1. The van der Waals surface area contributed by atoms with Gasteiger partial charge in [0.25, 0.3) is 0 Å². The van der Waals surface area contributed by atoms with Gasteiger partial charge in [-0.15, -0.1) is 0 Å². The fraction of sp³-hybridized carbons (Fsp3) is 0.350. The zero-order valence-corrected chi connectivity index (χ0v) is 14.9. The van der Waals surface area contributed by atoms with Crippen LogP contribution in [0.25, 0.3) is 21.8 Å². The summed E-state index contributed by atoms with van der Waals surface area (Å²) in [5.41, 5.74) is 0.173. The minimum absolute atomic E-state index is 0.133. The van der Waals surface area contributed by atoms with Gasteiger partial charge in [0.1, 0.15) is 17.4 Å². The quantitative estimate of drug-likeness (QED) is 0.510. The second-order valence-electron chi connectivity index (χ2n) is 6.20. The number of aromatic amines is 1. The lowest BCUT2D eigenvalue weighted by atomic mass is 10.1. The van der Waals surface area contributed by atoms with Gasteiger partial charge < -0.3 is 14.6 Å². The predicted octanol–water partition coefficient (Wildman–Crippen LogP) is 4.07. The van der Waals surface area contributed by atoms with Crippen molar-refractivity contribution in [2.24, 2.45) is 0 Å². The van der Waals surface area contributed by atoms with Crippen LogP contribution < -0.4 is 10.2 Å². The number of halogens is 2. The number of ether oxygens (including phenoxy) is 1. The van der Waals surface area contributed by atoms with Crippen LogP contribution in [0.4, 0.5) is 8.78 Å². The fourth-order valence-corrected chi connectivity index (χ4v) is 3.12. The third-order valence-electron chi connectivity index (χ3n) is 4.57. The second-order valence-corrected chi connectivity index (χ2v) is 6.20. The van der Waals surface area contributed by atoms with E-state index < -0.39 is 17.1 Å². The first-order valence-electron chi connectivity index (χ1n) is 8.83. The number of hydrogen-bond donors (Lipinski definition) is 1. The zero-order valence-electron chi connectivity index (χ0n) is 14.9. The maximum atomic E-state index is 14.0. The molecule has 3 rings (SSSR count). The van der Waals surface area contributed by atoms with E-state index in [2.05, 4.69) is 23.7 Å². The van der Waals surface area contributed by atoms with E-state index in [0.717, 1.165) is 38.2 Å². The molecule has 0 unspecified atom stereocenters. The molecule has 2 aromatic carbocycles. The fourth-order valence-electron chi connectivity index (χ4n) is 3.12. The molecule has 1 aromatic heterocycles. The van der Waals surface area contributed by atoms with Crippen LogP contribution in [0.5, 0.6) is 5.75 Å². The average Bonchev–Trinajstić information content (AvgIpc) is 2.61. The molecular formula is C20H22F2N2O2. The van der Waals surface area contributed by atoms with Crippen molar-refractivity contribution in [2.45, 2.75) is 20.3 Å². The van der Waals surface area contributed by atoms with E-state index in [1.165, 1.54) is 0 Å². The second kappa shape index (κ2) is 7.83. The summed E-state index contributed by atoms with van der Waals surface area (Å²) in [4.78, 5) is 17.8. The molecule has 0 saturated carbocycles. The maximum Gasteiger partial charge on any atom is 0.200 e. The molecule has 26 heavy (non-hydrogen) atoms. The number of H-pyrrole nitrogens is 1. The van der Waals surface area contributed by atoms with Crippen LogP contribution in [0, 0.1) is 11.6 Å². The number of pyridine rings is 1. The molecule has 0 bridgehead atoms. The Labute approximate surface area is 150 Å². The van der Waals surface area contributed by atoms with Gasteiger partial charge in [-0.25, -0.2) is 8.78 Å². The van der Waals surface area contributed by atoms with E-state index in [0.29, 0.717) is 23.3 Å². The number of rotatable bonds is 7. The van der Waals surface area contributed by atoms with Gasteiger partial charge in [0.2, 0.25) is 0 Å². The minimum atomic E-state index is -0.861. The van der Waals surface area contributed by atoms with Crippen LogP contribution >= 0.6 is 0 Å². The van der Waals surface area contributed by atoms with Gasteiger partial charge in [-0.1, -0.05) is 13.8 Å². The highest BCUT2D eigenvalue weighted by Crippen LogP contribution is 2.22. The van der Waals surface area contributed by atoms with Crippen LogP contribution in [-0.4, -0.2) is 36.1 Å². The predicted molar refractivity (Wildman–Crippen MR) is 99.9 cm³/mol. The van der Waals surface area contributed by atoms with E-state index >= 15 is 0 Å². The van der Waals surface area contributed by atoms with Crippen molar-refractivity contribution in [3.05, 3.63) is 52.2 Å². The van der Waals surface area contributed by atoms with Crippen molar-refractivity contribution in [1.82, 2.24) is 9.88 Å².